The Hall–Kier alpha value is -3.48. The normalized spacial score (nSPS) is 11.2. The van der Waals surface area contributed by atoms with Crippen LogP contribution in [-0.2, 0) is 17.8 Å². The van der Waals surface area contributed by atoms with Crippen molar-refractivity contribution in [1.82, 2.24) is 24.7 Å². The van der Waals surface area contributed by atoms with Gasteiger partial charge < -0.3 is 10.1 Å². The van der Waals surface area contributed by atoms with Crippen LogP contribution in [0.5, 0.6) is 0 Å². The zero-order valence-corrected chi connectivity index (χ0v) is 16.0. The van der Waals surface area contributed by atoms with E-state index in [1.807, 2.05) is 55.9 Å². The first-order chi connectivity index (χ1) is 13.4. The summed E-state index contributed by atoms with van der Waals surface area (Å²) in [5, 5.41) is 13.6. The zero-order valence-electron chi connectivity index (χ0n) is 16.0. The molecule has 0 fully saturated rings. The van der Waals surface area contributed by atoms with Gasteiger partial charge in [-0.2, -0.15) is 5.10 Å². The van der Waals surface area contributed by atoms with Crippen LogP contribution in [0.4, 0.5) is 0 Å². The maximum absolute atomic E-state index is 11.0. The molecule has 7 nitrogen and oxygen atoms in total. The molecule has 0 bridgehead atoms. The summed E-state index contributed by atoms with van der Waals surface area (Å²) in [4.78, 5) is 23.2. The van der Waals surface area contributed by atoms with E-state index in [4.69, 9.17) is 5.11 Å². The van der Waals surface area contributed by atoms with Crippen molar-refractivity contribution in [2.45, 2.75) is 33.7 Å². The van der Waals surface area contributed by atoms with Gasteiger partial charge in [0, 0.05) is 23.0 Å². The predicted molar refractivity (Wildman–Crippen MR) is 106 cm³/mol. The fourth-order valence-electron chi connectivity index (χ4n) is 3.44. The molecule has 7 heteroatoms. The number of carbonyl (C=O) groups is 1. The molecule has 4 rings (SSSR count). The molecule has 0 unspecified atom stereocenters. The average Bonchev–Trinajstić information content (AvgIpc) is 3.20. The number of aromatic amines is 1. The Balaban J connectivity index is 1.58. The molecule has 3 aromatic heterocycles. The number of hydrogen-bond acceptors (Lipinski definition) is 4. The summed E-state index contributed by atoms with van der Waals surface area (Å²) in [5.74, 6) is -0.0288. The van der Waals surface area contributed by atoms with Crippen LogP contribution in [0.2, 0.25) is 0 Å². The van der Waals surface area contributed by atoms with E-state index < -0.39 is 5.97 Å². The second-order valence-electron chi connectivity index (χ2n) is 7.01. The fourth-order valence-corrected chi connectivity index (χ4v) is 3.44. The van der Waals surface area contributed by atoms with E-state index in [2.05, 4.69) is 20.1 Å². The number of nitrogens with zero attached hydrogens (tertiary/aromatic N) is 4. The van der Waals surface area contributed by atoms with Crippen LogP contribution in [0.25, 0.3) is 22.4 Å². The highest BCUT2D eigenvalue weighted by Crippen LogP contribution is 2.23. The fraction of sp³-hybridized carbons (Fsp3) is 0.238. The minimum atomic E-state index is -0.841. The molecule has 2 N–H and O–H groups in total. The third-order valence-electron chi connectivity index (χ3n) is 5.00. The van der Waals surface area contributed by atoms with E-state index in [-0.39, 0.29) is 6.42 Å². The SMILES string of the molecule is Cc1nn(Cc2ccc(-c3nc4c(C)cncc4[nH]3)cc2)c(C)c1CC(=O)O. The number of fused-ring (bicyclic) bond motifs is 1. The molecule has 0 saturated carbocycles. The molecule has 0 atom stereocenters. The molecule has 0 spiro atoms. The van der Waals surface area contributed by atoms with Gasteiger partial charge in [0.2, 0.25) is 0 Å². The van der Waals surface area contributed by atoms with Crippen LogP contribution in [0, 0.1) is 20.8 Å². The van der Waals surface area contributed by atoms with Crippen molar-refractivity contribution in [2.24, 2.45) is 0 Å². The van der Waals surface area contributed by atoms with Crippen LogP contribution >= 0.6 is 0 Å². The summed E-state index contributed by atoms with van der Waals surface area (Å²) in [7, 11) is 0. The molecule has 0 radical (unpaired) electrons. The van der Waals surface area contributed by atoms with Gasteiger partial charge >= 0.3 is 5.97 Å². The molecule has 0 aliphatic heterocycles. The maximum Gasteiger partial charge on any atom is 0.307 e. The first-order valence-corrected chi connectivity index (χ1v) is 9.06. The third kappa shape index (κ3) is 3.26. The predicted octanol–water partition coefficient (Wildman–Crippen LogP) is 3.42. The number of hydrogen-bond donors (Lipinski definition) is 2. The lowest BCUT2D eigenvalue weighted by Crippen LogP contribution is -2.06. The molecule has 0 aliphatic carbocycles. The van der Waals surface area contributed by atoms with Crippen molar-refractivity contribution in [3.8, 4) is 11.4 Å². The highest BCUT2D eigenvalue weighted by atomic mass is 16.4. The van der Waals surface area contributed by atoms with Crippen LogP contribution in [-0.4, -0.2) is 35.8 Å². The Morgan fingerprint density at radius 1 is 1.14 bits per heavy atom. The minimum absolute atomic E-state index is 0.00304. The highest BCUT2D eigenvalue weighted by molar-refractivity contribution is 5.81. The van der Waals surface area contributed by atoms with Crippen molar-refractivity contribution in [1.29, 1.82) is 0 Å². The topological polar surface area (TPSA) is 96.7 Å². The summed E-state index contributed by atoms with van der Waals surface area (Å²) in [6.07, 6.45) is 3.59. The van der Waals surface area contributed by atoms with Crippen molar-refractivity contribution in [3.05, 3.63) is 64.7 Å². The first kappa shape index (κ1) is 17.9. The standard InChI is InChI=1S/C21H21N5O2/c1-12-9-22-10-18-20(12)24-21(23-18)16-6-4-15(5-7-16)11-26-14(3)17(8-19(27)28)13(2)25-26/h4-7,9-10H,8,11H2,1-3H3,(H,23,24)(H,27,28). The number of aliphatic carboxylic acids is 1. The summed E-state index contributed by atoms with van der Waals surface area (Å²) >= 11 is 0. The van der Waals surface area contributed by atoms with E-state index in [0.29, 0.717) is 6.54 Å². The number of imidazole rings is 1. The number of H-pyrrole nitrogens is 1. The monoisotopic (exact) mass is 375 g/mol. The molecular weight excluding hydrogens is 354 g/mol. The lowest BCUT2D eigenvalue weighted by molar-refractivity contribution is -0.136. The number of carboxylic acids is 1. The molecule has 3 heterocycles. The molecule has 0 saturated heterocycles. The Morgan fingerprint density at radius 2 is 1.89 bits per heavy atom. The number of benzene rings is 1. The second-order valence-corrected chi connectivity index (χ2v) is 7.01. The van der Waals surface area contributed by atoms with Gasteiger partial charge in [-0.1, -0.05) is 24.3 Å². The molecule has 142 valence electrons. The summed E-state index contributed by atoms with van der Waals surface area (Å²) in [6, 6.07) is 8.14. The van der Waals surface area contributed by atoms with Crippen LogP contribution in [0.3, 0.4) is 0 Å². The maximum atomic E-state index is 11.0. The van der Waals surface area contributed by atoms with Gasteiger partial charge in [-0.15, -0.1) is 0 Å². The second kappa shape index (κ2) is 6.92. The van der Waals surface area contributed by atoms with Gasteiger partial charge in [-0.25, -0.2) is 4.98 Å². The van der Waals surface area contributed by atoms with E-state index in [1.54, 1.807) is 6.20 Å². The largest absolute Gasteiger partial charge is 0.481 e. The molecule has 4 aromatic rings. The van der Waals surface area contributed by atoms with Crippen molar-refractivity contribution < 1.29 is 9.90 Å². The number of nitrogens with one attached hydrogen (secondary N) is 1. The van der Waals surface area contributed by atoms with E-state index in [0.717, 1.165) is 50.5 Å². The van der Waals surface area contributed by atoms with Crippen molar-refractivity contribution in [3.63, 3.8) is 0 Å². The Kier molecular flexibility index (Phi) is 4.43. The number of carboxylic acid groups (broad SMARTS) is 1. The van der Waals surface area contributed by atoms with Gasteiger partial charge in [-0.3, -0.25) is 14.5 Å². The van der Waals surface area contributed by atoms with Crippen LogP contribution in [0.1, 0.15) is 28.1 Å². The lowest BCUT2D eigenvalue weighted by atomic mass is 10.1. The van der Waals surface area contributed by atoms with E-state index in [9.17, 15) is 4.79 Å². The van der Waals surface area contributed by atoms with Crippen molar-refractivity contribution >= 4 is 17.0 Å². The molecule has 1 aromatic carbocycles. The minimum Gasteiger partial charge on any atom is -0.481 e. The average molecular weight is 375 g/mol. The number of rotatable bonds is 5. The van der Waals surface area contributed by atoms with Gasteiger partial charge in [0.25, 0.3) is 0 Å². The first-order valence-electron chi connectivity index (χ1n) is 9.06. The summed E-state index contributed by atoms with van der Waals surface area (Å²) in [5.41, 5.74) is 7.43. The van der Waals surface area contributed by atoms with Crippen LogP contribution < -0.4 is 0 Å². The van der Waals surface area contributed by atoms with Crippen molar-refractivity contribution in [2.75, 3.05) is 0 Å². The molecular formula is C21H21N5O2. The van der Waals surface area contributed by atoms with Crippen LogP contribution in [0.15, 0.2) is 36.7 Å². The van der Waals surface area contributed by atoms with E-state index >= 15 is 0 Å². The third-order valence-corrected chi connectivity index (χ3v) is 5.00. The van der Waals surface area contributed by atoms with Gasteiger partial charge in [0.15, 0.2) is 0 Å². The Bertz CT molecular complexity index is 1170. The lowest BCUT2D eigenvalue weighted by Gasteiger charge is -2.06. The highest BCUT2D eigenvalue weighted by Gasteiger charge is 2.15. The summed E-state index contributed by atoms with van der Waals surface area (Å²) < 4.78 is 1.86. The number of aryl methyl sites for hydroxylation is 2. The number of pyridine rings is 1. The molecule has 0 amide bonds. The molecule has 0 aliphatic rings. The van der Waals surface area contributed by atoms with Gasteiger partial charge in [0.1, 0.15) is 5.82 Å². The smallest absolute Gasteiger partial charge is 0.307 e. The summed E-state index contributed by atoms with van der Waals surface area (Å²) in [6.45, 7) is 6.35. The van der Waals surface area contributed by atoms with Gasteiger partial charge in [0.05, 0.1) is 35.9 Å². The Morgan fingerprint density at radius 3 is 2.57 bits per heavy atom. The Labute approximate surface area is 162 Å². The van der Waals surface area contributed by atoms with E-state index in [1.165, 1.54) is 0 Å². The molecule has 28 heavy (non-hydrogen) atoms. The van der Waals surface area contributed by atoms with Gasteiger partial charge in [-0.05, 0) is 31.9 Å². The quantitative estimate of drug-likeness (QED) is 0.557. The number of aromatic nitrogens is 5. The zero-order chi connectivity index (χ0) is 19.8.